The number of hydrogen-bond acceptors (Lipinski definition) is 6. The van der Waals surface area contributed by atoms with Gasteiger partial charge in [0.15, 0.2) is 0 Å². The average molecular weight is 400 g/mol. The summed E-state index contributed by atoms with van der Waals surface area (Å²) in [5.41, 5.74) is 2.23. The summed E-state index contributed by atoms with van der Waals surface area (Å²) in [5, 5.41) is 0. The van der Waals surface area contributed by atoms with Crippen molar-refractivity contribution in [2.75, 3.05) is 44.2 Å². The summed E-state index contributed by atoms with van der Waals surface area (Å²) in [7, 11) is 0. The molecule has 4 rings (SSSR count). The molecule has 2 saturated heterocycles. The number of rotatable bonds is 5. The molecule has 1 aromatic heterocycles. The van der Waals surface area contributed by atoms with Gasteiger partial charge >= 0.3 is 0 Å². The third-order valence-corrected chi connectivity index (χ3v) is 5.57. The summed E-state index contributed by atoms with van der Waals surface area (Å²) < 4.78 is 18.9. The lowest BCUT2D eigenvalue weighted by Crippen LogP contribution is -2.46. The van der Waals surface area contributed by atoms with Crippen molar-refractivity contribution in [1.82, 2.24) is 19.8 Å². The molecule has 2 aliphatic heterocycles. The highest BCUT2D eigenvalue weighted by Crippen LogP contribution is 2.17. The maximum atomic E-state index is 13.1. The minimum absolute atomic E-state index is 0.177. The molecule has 0 N–H and O–H groups in total. The Labute approximate surface area is 172 Å². The highest BCUT2D eigenvalue weighted by Gasteiger charge is 2.24. The first-order chi connectivity index (χ1) is 14.0. The van der Waals surface area contributed by atoms with E-state index in [1.165, 1.54) is 12.1 Å². The number of morpholine rings is 1. The van der Waals surface area contributed by atoms with Crippen molar-refractivity contribution in [1.29, 1.82) is 0 Å². The van der Waals surface area contributed by atoms with Crippen LogP contribution < -0.4 is 4.90 Å². The summed E-state index contributed by atoms with van der Waals surface area (Å²) in [5.74, 6) is 0.628. The van der Waals surface area contributed by atoms with E-state index < -0.39 is 0 Å². The molecule has 2 aliphatic rings. The number of benzene rings is 1. The molecular formula is C22H30FN5O. The zero-order valence-corrected chi connectivity index (χ0v) is 17.3. The van der Waals surface area contributed by atoms with Gasteiger partial charge in [0.1, 0.15) is 5.82 Å². The number of ether oxygens (including phenoxy) is 1. The maximum Gasteiger partial charge on any atom is 0.225 e. The summed E-state index contributed by atoms with van der Waals surface area (Å²) >= 11 is 0. The Morgan fingerprint density at radius 3 is 2.21 bits per heavy atom. The van der Waals surface area contributed by atoms with Crippen molar-refractivity contribution in [3.05, 3.63) is 53.6 Å². The van der Waals surface area contributed by atoms with Crippen LogP contribution in [-0.2, 0) is 17.8 Å². The van der Waals surface area contributed by atoms with Crippen LogP contribution in [0, 0.1) is 5.82 Å². The van der Waals surface area contributed by atoms with Gasteiger partial charge in [-0.1, -0.05) is 12.1 Å². The first kappa shape index (κ1) is 20.2. The van der Waals surface area contributed by atoms with Crippen molar-refractivity contribution in [2.45, 2.75) is 39.1 Å². The van der Waals surface area contributed by atoms with E-state index in [-0.39, 0.29) is 18.0 Å². The number of anilines is 1. The Bertz CT molecular complexity index is 784. The number of halogens is 1. The van der Waals surface area contributed by atoms with Crippen LogP contribution >= 0.6 is 0 Å². The van der Waals surface area contributed by atoms with Crippen LogP contribution in [0.1, 0.15) is 25.1 Å². The summed E-state index contributed by atoms with van der Waals surface area (Å²) in [6.45, 7) is 11.6. The molecule has 0 saturated carbocycles. The Hall–Kier alpha value is -2.09. The summed E-state index contributed by atoms with van der Waals surface area (Å²) in [4.78, 5) is 16.4. The quantitative estimate of drug-likeness (QED) is 0.770. The molecule has 0 aliphatic carbocycles. The largest absolute Gasteiger partial charge is 0.372 e. The van der Waals surface area contributed by atoms with E-state index >= 15 is 0 Å². The van der Waals surface area contributed by atoms with Crippen molar-refractivity contribution >= 4 is 5.95 Å². The Balaban J connectivity index is 1.30. The van der Waals surface area contributed by atoms with Crippen LogP contribution in [0.5, 0.6) is 0 Å². The second kappa shape index (κ2) is 9.15. The van der Waals surface area contributed by atoms with E-state index in [2.05, 4.69) is 33.5 Å². The number of nitrogens with zero attached hydrogens (tertiary/aromatic N) is 5. The van der Waals surface area contributed by atoms with Crippen molar-refractivity contribution in [2.24, 2.45) is 0 Å². The predicted molar refractivity (Wildman–Crippen MR) is 111 cm³/mol. The molecule has 3 heterocycles. The van der Waals surface area contributed by atoms with Gasteiger partial charge in [0, 0.05) is 58.6 Å². The lowest BCUT2D eigenvalue weighted by atomic mass is 10.2. The van der Waals surface area contributed by atoms with E-state index in [1.807, 2.05) is 24.4 Å². The van der Waals surface area contributed by atoms with Gasteiger partial charge in [-0.3, -0.25) is 9.80 Å². The van der Waals surface area contributed by atoms with Crippen LogP contribution in [0.3, 0.4) is 0 Å². The monoisotopic (exact) mass is 399 g/mol. The Kier molecular flexibility index (Phi) is 6.37. The molecule has 0 unspecified atom stereocenters. The zero-order chi connectivity index (χ0) is 20.2. The number of piperazine rings is 1. The molecular weight excluding hydrogens is 369 g/mol. The molecule has 6 nitrogen and oxygen atoms in total. The molecule has 29 heavy (non-hydrogen) atoms. The van der Waals surface area contributed by atoms with Gasteiger partial charge in [-0.2, -0.15) is 0 Å². The minimum Gasteiger partial charge on any atom is -0.372 e. The molecule has 0 bridgehead atoms. The fourth-order valence-corrected chi connectivity index (χ4v) is 4.15. The molecule has 0 spiro atoms. The van der Waals surface area contributed by atoms with Gasteiger partial charge in [0.25, 0.3) is 0 Å². The SMILES string of the molecule is C[C@@H]1CN(c2nccc(CN3CCN(Cc4ccc(F)cc4)CC3)n2)C[C@H](C)O1. The second-order valence-corrected chi connectivity index (χ2v) is 8.19. The van der Waals surface area contributed by atoms with E-state index in [0.717, 1.165) is 69.6 Å². The first-order valence-corrected chi connectivity index (χ1v) is 10.5. The molecule has 2 atom stereocenters. The maximum absolute atomic E-state index is 13.1. The van der Waals surface area contributed by atoms with Crippen LogP contribution in [-0.4, -0.2) is 71.2 Å². The summed E-state index contributed by atoms with van der Waals surface area (Å²) in [6, 6.07) is 8.83. The summed E-state index contributed by atoms with van der Waals surface area (Å²) in [6.07, 6.45) is 2.26. The van der Waals surface area contributed by atoms with Crippen LogP contribution in [0.15, 0.2) is 36.5 Å². The molecule has 0 amide bonds. The van der Waals surface area contributed by atoms with Crippen LogP contribution in [0.25, 0.3) is 0 Å². The van der Waals surface area contributed by atoms with Gasteiger partial charge in [-0.25, -0.2) is 14.4 Å². The van der Waals surface area contributed by atoms with E-state index in [0.29, 0.717) is 0 Å². The van der Waals surface area contributed by atoms with E-state index in [1.54, 1.807) is 0 Å². The highest BCUT2D eigenvalue weighted by molar-refractivity contribution is 5.31. The lowest BCUT2D eigenvalue weighted by Gasteiger charge is -2.36. The van der Waals surface area contributed by atoms with E-state index in [4.69, 9.17) is 9.72 Å². The van der Waals surface area contributed by atoms with E-state index in [9.17, 15) is 4.39 Å². The van der Waals surface area contributed by atoms with Gasteiger partial charge in [0.05, 0.1) is 17.9 Å². The lowest BCUT2D eigenvalue weighted by molar-refractivity contribution is -0.00574. The Morgan fingerprint density at radius 2 is 1.55 bits per heavy atom. The standard InChI is InChI=1S/C22H30FN5O/c1-17-13-28(14-18(2)29-17)22-24-8-7-21(25-22)16-27-11-9-26(10-12-27)15-19-3-5-20(23)6-4-19/h3-8,17-18H,9-16H2,1-2H3/t17-,18+. The third kappa shape index (κ3) is 5.50. The van der Waals surface area contributed by atoms with Crippen molar-refractivity contribution in [3.63, 3.8) is 0 Å². The molecule has 1 aromatic carbocycles. The zero-order valence-electron chi connectivity index (χ0n) is 17.3. The van der Waals surface area contributed by atoms with Gasteiger partial charge in [0.2, 0.25) is 5.95 Å². The van der Waals surface area contributed by atoms with Crippen molar-refractivity contribution < 1.29 is 9.13 Å². The van der Waals surface area contributed by atoms with Gasteiger partial charge in [-0.05, 0) is 37.6 Å². The molecule has 2 fully saturated rings. The Morgan fingerprint density at radius 1 is 0.931 bits per heavy atom. The molecule has 0 radical (unpaired) electrons. The minimum atomic E-state index is -0.177. The van der Waals surface area contributed by atoms with Crippen LogP contribution in [0.2, 0.25) is 0 Å². The molecule has 7 heteroatoms. The van der Waals surface area contributed by atoms with Gasteiger partial charge < -0.3 is 9.64 Å². The fourth-order valence-electron chi connectivity index (χ4n) is 4.15. The predicted octanol–water partition coefficient (Wildman–Crippen LogP) is 2.55. The topological polar surface area (TPSA) is 44.7 Å². The number of aromatic nitrogens is 2. The first-order valence-electron chi connectivity index (χ1n) is 10.5. The second-order valence-electron chi connectivity index (χ2n) is 8.19. The fraction of sp³-hybridized carbons (Fsp3) is 0.545. The van der Waals surface area contributed by atoms with Crippen LogP contribution in [0.4, 0.5) is 10.3 Å². The molecule has 156 valence electrons. The third-order valence-electron chi connectivity index (χ3n) is 5.57. The normalized spacial score (nSPS) is 24.0. The highest BCUT2D eigenvalue weighted by atomic mass is 19.1. The van der Waals surface area contributed by atoms with Crippen molar-refractivity contribution in [3.8, 4) is 0 Å². The number of hydrogen-bond donors (Lipinski definition) is 0. The average Bonchev–Trinajstić information content (AvgIpc) is 2.71. The molecule has 2 aromatic rings. The van der Waals surface area contributed by atoms with Gasteiger partial charge in [-0.15, -0.1) is 0 Å². The smallest absolute Gasteiger partial charge is 0.225 e.